The molecule has 25 heavy (non-hydrogen) atoms. The Hall–Kier alpha value is -1.96. The number of nitrogens with zero attached hydrogens (tertiary/aromatic N) is 2. The zero-order chi connectivity index (χ0) is 20.1. The van der Waals surface area contributed by atoms with Crippen LogP contribution in [0.15, 0.2) is 24.5 Å². The Morgan fingerprint density at radius 1 is 1.48 bits per heavy atom. The molecule has 2 aromatic heterocycles. The molecular formula is C18H24N2O5. The van der Waals surface area contributed by atoms with E-state index in [0.29, 0.717) is 13.2 Å². The Morgan fingerprint density at radius 2 is 2.40 bits per heavy atom. The van der Waals surface area contributed by atoms with Gasteiger partial charge in [-0.1, -0.05) is 0 Å². The van der Waals surface area contributed by atoms with E-state index in [9.17, 15) is 4.79 Å². The number of carbonyl (C=O) groups is 1. The highest BCUT2D eigenvalue weighted by atomic mass is 16.7. The Morgan fingerprint density at radius 3 is 3.20 bits per heavy atom. The van der Waals surface area contributed by atoms with E-state index >= 15 is 0 Å². The van der Waals surface area contributed by atoms with Crippen LogP contribution in [0, 0.1) is 0 Å². The Kier molecular flexibility index (Phi) is 5.09. The first kappa shape index (κ1) is 14.2. The number of aromatic nitrogens is 2. The molecular weight excluding hydrogens is 324 g/mol. The summed E-state index contributed by atoms with van der Waals surface area (Å²) in [6.45, 7) is 3.17. The van der Waals surface area contributed by atoms with Gasteiger partial charge < -0.3 is 18.9 Å². The van der Waals surface area contributed by atoms with Gasteiger partial charge in [-0.2, -0.15) is 0 Å². The molecule has 0 N–H and O–H groups in total. The third kappa shape index (κ3) is 4.78. The summed E-state index contributed by atoms with van der Waals surface area (Å²) < 4.78 is 47.4. The summed E-state index contributed by atoms with van der Waals surface area (Å²) in [6, 6.07) is -0.231. The molecule has 7 nitrogen and oxygen atoms in total. The second-order valence-electron chi connectivity index (χ2n) is 5.58. The molecule has 0 spiro atoms. The molecule has 0 radical (unpaired) electrons. The number of pyridine rings is 1. The summed E-state index contributed by atoms with van der Waals surface area (Å²) in [7, 11) is 0. The maximum atomic E-state index is 12.0. The van der Waals surface area contributed by atoms with Gasteiger partial charge in [-0.05, 0) is 43.8 Å². The lowest BCUT2D eigenvalue weighted by atomic mass is 10.2. The molecule has 7 heteroatoms. The van der Waals surface area contributed by atoms with Crippen molar-refractivity contribution in [3.63, 3.8) is 0 Å². The van der Waals surface area contributed by atoms with E-state index in [1.165, 1.54) is 6.20 Å². The third-order valence-corrected chi connectivity index (χ3v) is 3.74. The van der Waals surface area contributed by atoms with E-state index in [1.807, 2.05) is 0 Å². The molecule has 136 valence electrons. The van der Waals surface area contributed by atoms with Crippen LogP contribution in [0.2, 0.25) is 0 Å². The molecule has 0 aliphatic carbocycles. The molecule has 1 unspecified atom stereocenters. The lowest BCUT2D eigenvalue weighted by Gasteiger charge is -2.22. The van der Waals surface area contributed by atoms with Crippen molar-refractivity contribution in [2.24, 2.45) is 0 Å². The largest absolute Gasteiger partial charge is 0.461 e. The Bertz CT molecular complexity index is 836. The average Bonchev–Trinajstić information content (AvgIpc) is 3.15. The lowest BCUT2D eigenvalue weighted by molar-refractivity contribution is -0.169. The minimum atomic E-state index is -0.645. The number of fused-ring (bicyclic) bond motifs is 1. The van der Waals surface area contributed by atoms with Gasteiger partial charge in [0.25, 0.3) is 0 Å². The minimum Gasteiger partial charge on any atom is -0.461 e. The maximum absolute atomic E-state index is 12.0. The second-order valence-corrected chi connectivity index (χ2v) is 5.58. The number of esters is 1. The molecule has 2 aromatic rings. The number of carbonyl (C=O) groups excluding carboxylic acids is 1. The standard InChI is InChI=1S/C18H24N2O5/c1-2-23-18(21)15-12-19-16-11-14(6-7-20(15)16)13-22-9-10-25-17-5-3-4-8-24-17/h6-7,11-12,17H,2-5,8-10,13H2,1H3/i6D,7D,11D. The van der Waals surface area contributed by atoms with E-state index in [4.69, 9.17) is 23.1 Å². The van der Waals surface area contributed by atoms with Crippen molar-refractivity contribution in [1.82, 2.24) is 9.38 Å². The zero-order valence-electron chi connectivity index (χ0n) is 17.2. The Labute approximate surface area is 151 Å². The summed E-state index contributed by atoms with van der Waals surface area (Å²) >= 11 is 0. The van der Waals surface area contributed by atoms with Crippen LogP contribution in [0.4, 0.5) is 0 Å². The van der Waals surface area contributed by atoms with Crippen LogP contribution in [0.1, 0.15) is 46.4 Å². The molecule has 1 aliphatic heterocycles. The fourth-order valence-corrected chi connectivity index (χ4v) is 2.52. The molecule has 0 aromatic carbocycles. The van der Waals surface area contributed by atoms with Gasteiger partial charge in [0.2, 0.25) is 0 Å². The van der Waals surface area contributed by atoms with Gasteiger partial charge in [0, 0.05) is 12.8 Å². The SMILES string of the molecule is [2H]c1c(COCCOC2CCCCO2)c([2H])c2ncc(C(=O)OCC)n2c1[2H]. The van der Waals surface area contributed by atoms with Crippen molar-refractivity contribution in [3.8, 4) is 0 Å². The van der Waals surface area contributed by atoms with E-state index in [2.05, 4.69) is 4.98 Å². The molecule has 1 atom stereocenters. The van der Waals surface area contributed by atoms with Gasteiger partial charge in [0.1, 0.15) is 5.65 Å². The number of ether oxygens (including phenoxy) is 4. The fourth-order valence-electron chi connectivity index (χ4n) is 2.52. The first-order valence-corrected chi connectivity index (χ1v) is 8.48. The smallest absolute Gasteiger partial charge is 0.356 e. The second kappa shape index (κ2) is 8.94. The number of rotatable bonds is 8. The summed E-state index contributed by atoms with van der Waals surface area (Å²) in [4.78, 5) is 16.1. The maximum Gasteiger partial charge on any atom is 0.356 e. The highest BCUT2D eigenvalue weighted by Crippen LogP contribution is 2.14. The molecule has 0 saturated carbocycles. The highest BCUT2D eigenvalue weighted by molar-refractivity contribution is 5.88. The van der Waals surface area contributed by atoms with E-state index in [-0.39, 0.29) is 61.3 Å². The van der Waals surface area contributed by atoms with E-state index in [1.54, 1.807) is 6.92 Å². The van der Waals surface area contributed by atoms with Gasteiger partial charge in [-0.15, -0.1) is 0 Å². The van der Waals surface area contributed by atoms with E-state index in [0.717, 1.165) is 23.7 Å². The van der Waals surface area contributed by atoms with Crippen LogP contribution in [-0.4, -0.2) is 48.1 Å². The number of hydrogen-bond acceptors (Lipinski definition) is 6. The van der Waals surface area contributed by atoms with Gasteiger partial charge >= 0.3 is 5.97 Å². The predicted molar refractivity (Wildman–Crippen MR) is 90.3 cm³/mol. The van der Waals surface area contributed by atoms with Crippen molar-refractivity contribution >= 4 is 11.6 Å². The quantitative estimate of drug-likeness (QED) is 0.538. The molecule has 3 heterocycles. The van der Waals surface area contributed by atoms with Crippen LogP contribution in [0.25, 0.3) is 5.65 Å². The summed E-state index contributed by atoms with van der Waals surface area (Å²) in [6.07, 6.45) is 3.83. The van der Waals surface area contributed by atoms with Crippen LogP contribution >= 0.6 is 0 Å². The first-order valence-electron chi connectivity index (χ1n) is 9.98. The van der Waals surface area contributed by atoms with Crippen molar-refractivity contribution in [1.29, 1.82) is 0 Å². The van der Waals surface area contributed by atoms with Crippen molar-refractivity contribution < 1.29 is 27.9 Å². The van der Waals surface area contributed by atoms with Crippen LogP contribution < -0.4 is 0 Å². The normalized spacial score (nSPS) is 19.4. The van der Waals surface area contributed by atoms with Gasteiger partial charge in [0.15, 0.2) is 12.0 Å². The predicted octanol–water partition coefficient (Wildman–Crippen LogP) is 2.57. The lowest BCUT2D eigenvalue weighted by Crippen LogP contribution is -2.23. The minimum absolute atomic E-state index is 0.0173. The zero-order valence-corrected chi connectivity index (χ0v) is 14.2. The van der Waals surface area contributed by atoms with Gasteiger partial charge in [0.05, 0.1) is 36.7 Å². The van der Waals surface area contributed by atoms with Gasteiger partial charge in [-0.3, -0.25) is 4.40 Å². The van der Waals surface area contributed by atoms with Crippen LogP contribution in [0.3, 0.4) is 0 Å². The topological polar surface area (TPSA) is 71.3 Å². The molecule has 0 amide bonds. The number of hydrogen-bond donors (Lipinski definition) is 0. The average molecular weight is 351 g/mol. The summed E-state index contributed by atoms with van der Waals surface area (Å²) in [5.74, 6) is -0.645. The monoisotopic (exact) mass is 351 g/mol. The van der Waals surface area contributed by atoms with Crippen molar-refractivity contribution in [2.45, 2.75) is 39.1 Å². The molecule has 1 fully saturated rings. The van der Waals surface area contributed by atoms with Crippen molar-refractivity contribution in [2.75, 3.05) is 26.4 Å². The molecule has 1 saturated heterocycles. The van der Waals surface area contributed by atoms with Crippen LogP contribution in [0.5, 0.6) is 0 Å². The molecule has 1 aliphatic rings. The first-order chi connectivity index (χ1) is 13.5. The number of imidazole rings is 1. The fraction of sp³-hybridized carbons (Fsp3) is 0.556. The molecule has 3 rings (SSSR count). The Balaban J connectivity index is 1.67. The third-order valence-electron chi connectivity index (χ3n) is 3.74. The van der Waals surface area contributed by atoms with Crippen LogP contribution in [-0.2, 0) is 25.6 Å². The summed E-state index contributed by atoms with van der Waals surface area (Å²) in [5.41, 5.74) is 0.388. The molecule has 0 bridgehead atoms. The van der Waals surface area contributed by atoms with Crippen molar-refractivity contribution in [3.05, 3.63) is 35.7 Å². The van der Waals surface area contributed by atoms with Gasteiger partial charge in [-0.25, -0.2) is 9.78 Å². The van der Waals surface area contributed by atoms with E-state index < -0.39 is 5.97 Å². The highest BCUT2D eigenvalue weighted by Gasteiger charge is 2.14. The summed E-state index contributed by atoms with van der Waals surface area (Å²) in [5, 5.41) is 0.